The quantitative estimate of drug-likeness (QED) is 0.443. The number of imidazole rings is 1. The van der Waals surface area contributed by atoms with Gasteiger partial charge < -0.3 is 29.5 Å². The predicted molar refractivity (Wildman–Crippen MR) is 117 cm³/mol. The largest absolute Gasteiger partial charge is 1.00 e. The number of phosphoric ester groups is 1. The van der Waals surface area contributed by atoms with Crippen LogP contribution in [0.15, 0.2) is 39.1 Å². The molecule has 4 N–H and O–H groups in total. The van der Waals surface area contributed by atoms with E-state index < -0.39 is 37.9 Å². The van der Waals surface area contributed by atoms with E-state index in [0.29, 0.717) is 11.1 Å². The molecule has 2 aliphatic rings. The number of hydrogen-bond donors (Lipinski definition) is 3. The third kappa shape index (κ3) is 4.10. The molecule has 3 unspecified atom stereocenters. The summed E-state index contributed by atoms with van der Waals surface area (Å²) in [5, 5.41) is 11.2. The number of aliphatic hydroxyl groups excluding tert-OH is 1. The number of aliphatic hydroxyl groups is 1. The fourth-order valence-electron chi connectivity index (χ4n) is 3.85. The fourth-order valence-corrected chi connectivity index (χ4v) is 5.71. The maximum absolute atomic E-state index is 12.5. The SMILES string of the molecule is CC(C)c1ccc(Sc2nc3c(=O)[nH]c(N)nc3n2[C@@H]2OC3COP(=O)([O-])O[C@H]3C2O)cc1.[H+]. The molecule has 14 heteroatoms. The van der Waals surface area contributed by atoms with E-state index in [2.05, 4.69) is 28.8 Å². The van der Waals surface area contributed by atoms with Crippen LogP contribution in [-0.2, 0) is 18.3 Å². The summed E-state index contributed by atoms with van der Waals surface area (Å²) in [6.07, 6.45) is -4.56. The van der Waals surface area contributed by atoms with Crippen molar-refractivity contribution in [1.29, 1.82) is 0 Å². The Bertz CT molecular complexity index is 1320. The Kier molecular flexibility index (Phi) is 5.60. The van der Waals surface area contributed by atoms with Crippen LogP contribution in [-0.4, -0.2) is 49.5 Å². The third-order valence-corrected chi connectivity index (χ3v) is 7.45. The van der Waals surface area contributed by atoms with Crippen LogP contribution in [0, 0.1) is 0 Å². The second-order valence-electron chi connectivity index (χ2n) is 8.08. The molecule has 3 aromatic rings. The van der Waals surface area contributed by atoms with E-state index in [0.717, 1.165) is 10.5 Å². The molecule has 0 bridgehead atoms. The second kappa shape index (κ2) is 8.20. The summed E-state index contributed by atoms with van der Waals surface area (Å²) >= 11 is 1.24. The molecule has 2 aromatic heterocycles. The average molecular weight is 495 g/mol. The van der Waals surface area contributed by atoms with Crippen LogP contribution in [0.5, 0.6) is 0 Å². The Morgan fingerprint density at radius 2 is 2.09 bits per heavy atom. The standard InChI is InChI=1S/C19H22N5O7PS/c1-8(2)9-3-5-10(6-4-9)33-19-21-12-15(22-18(20)23-16(12)26)24(19)17-13(25)14-11(30-17)7-29-32(27,28)31-14/h3-6,8,11,13-14,17,25H,7H2,1-2H3,(H,27,28)(H3,20,22,23,26)/t11?,13?,14-,17-/m1/s1. The maximum atomic E-state index is 12.5. The van der Waals surface area contributed by atoms with E-state index in [1.807, 2.05) is 24.3 Å². The van der Waals surface area contributed by atoms with Gasteiger partial charge >= 0.3 is 1.43 Å². The van der Waals surface area contributed by atoms with Gasteiger partial charge in [0.25, 0.3) is 13.4 Å². The minimum atomic E-state index is -4.55. The molecule has 2 aliphatic heterocycles. The van der Waals surface area contributed by atoms with Crippen LogP contribution in [0.2, 0.25) is 0 Å². The van der Waals surface area contributed by atoms with Crippen LogP contribution < -0.4 is 16.2 Å². The molecular formula is C19H22N5O7PS. The van der Waals surface area contributed by atoms with Crippen LogP contribution >= 0.6 is 19.6 Å². The first-order chi connectivity index (χ1) is 15.6. The monoisotopic (exact) mass is 495 g/mol. The van der Waals surface area contributed by atoms with Gasteiger partial charge in [0.2, 0.25) is 5.95 Å². The Labute approximate surface area is 193 Å². The normalized spacial score (nSPS) is 29.6. The summed E-state index contributed by atoms with van der Waals surface area (Å²) in [6.45, 7) is 3.88. The Morgan fingerprint density at radius 3 is 2.79 bits per heavy atom. The minimum absolute atomic E-state index is 0. The number of nitrogens with two attached hydrogens (primary N) is 1. The van der Waals surface area contributed by atoms with E-state index >= 15 is 0 Å². The number of H-pyrrole nitrogens is 1. The first-order valence-corrected chi connectivity index (χ1v) is 12.4. The molecular weight excluding hydrogens is 473 g/mol. The predicted octanol–water partition coefficient (Wildman–Crippen LogP) is 1.23. The average Bonchev–Trinajstić information content (AvgIpc) is 3.25. The van der Waals surface area contributed by atoms with Crippen molar-refractivity contribution in [3.8, 4) is 0 Å². The van der Waals surface area contributed by atoms with Gasteiger partial charge in [0.15, 0.2) is 22.5 Å². The first kappa shape index (κ1) is 22.5. The van der Waals surface area contributed by atoms with Gasteiger partial charge in [-0.15, -0.1) is 0 Å². The maximum Gasteiger partial charge on any atom is 1.00 e. The zero-order chi connectivity index (χ0) is 23.5. The second-order valence-corrected chi connectivity index (χ2v) is 10.5. The summed E-state index contributed by atoms with van der Waals surface area (Å²) < 4.78 is 28.7. The highest BCUT2D eigenvalue weighted by molar-refractivity contribution is 7.99. The summed E-state index contributed by atoms with van der Waals surface area (Å²) in [5.74, 6) is 0.226. The number of aromatic nitrogens is 4. The number of nitrogens with one attached hydrogen (secondary N) is 1. The third-order valence-electron chi connectivity index (χ3n) is 5.50. The molecule has 0 saturated carbocycles. The molecule has 0 amide bonds. The Morgan fingerprint density at radius 1 is 1.36 bits per heavy atom. The molecule has 1 aromatic carbocycles. The summed E-state index contributed by atoms with van der Waals surface area (Å²) in [4.78, 5) is 36.1. The zero-order valence-corrected chi connectivity index (χ0v) is 19.3. The minimum Gasteiger partial charge on any atom is -0.756 e. The first-order valence-electron chi connectivity index (χ1n) is 10.2. The van der Waals surface area contributed by atoms with Crippen molar-refractivity contribution >= 4 is 36.7 Å². The van der Waals surface area contributed by atoms with Gasteiger partial charge in [0.05, 0.1) is 6.61 Å². The zero-order valence-electron chi connectivity index (χ0n) is 18.6. The lowest BCUT2D eigenvalue weighted by Gasteiger charge is -2.34. The van der Waals surface area contributed by atoms with Gasteiger partial charge in [0.1, 0.15) is 18.3 Å². The lowest BCUT2D eigenvalue weighted by Crippen LogP contribution is -2.41. The van der Waals surface area contributed by atoms with Crippen LogP contribution in [0.4, 0.5) is 5.95 Å². The summed E-state index contributed by atoms with van der Waals surface area (Å²) in [6, 6.07) is 7.84. The van der Waals surface area contributed by atoms with E-state index in [1.165, 1.54) is 16.3 Å². The highest BCUT2D eigenvalue weighted by Gasteiger charge is 2.51. The topological polar surface area (TPSA) is 178 Å². The number of phosphoric acid groups is 1. The highest BCUT2D eigenvalue weighted by atomic mass is 32.2. The number of nitrogen functional groups attached to an aromatic ring is 1. The van der Waals surface area contributed by atoms with Crippen molar-refractivity contribution in [3.05, 3.63) is 40.2 Å². The van der Waals surface area contributed by atoms with Crippen LogP contribution in [0.25, 0.3) is 11.2 Å². The summed E-state index contributed by atoms with van der Waals surface area (Å²) in [5.41, 5.74) is 6.45. The van der Waals surface area contributed by atoms with Gasteiger partial charge in [-0.2, -0.15) is 4.98 Å². The van der Waals surface area contributed by atoms with Gasteiger partial charge in [-0.05, 0) is 23.6 Å². The molecule has 5 atom stereocenters. The van der Waals surface area contributed by atoms with Gasteiger partial charge in [0, 0.05) is 4.90 Å². The van der Waals surface area contributed by atoms with Crippen molar-refractivity contribution in [2.24, 2.45) is 0 Å². The van der Waals surface area contributed by atoms with Crippen molar-refractivity contribution in [1.82, 2.24) is 19.5 Å². The smallest absolute Gasteiger partial charge is 0.756 e. The number of nitrogens with zero attached hydrogens (tertiary/aromatic N) is 3. The number of ether oxygens (including phenoxy) is 1. The van der Waals surface area contributed by atoms with Crippen LogP contribution in [0.3, 0.4) is 0 Å². The van der Waals surface area contributed by atoms with Gasteiger partial charge in [-0.3, -0.25) is 18.9 Å². The molecule has 2 saturated heterocycles. The van der Waals surface area contributed by atoms with Crippen molar-refractivity contribution in [2.75, 3.05) is 12.3 Å². The number of hydrogen-bond acceptors (Lipinski definition) is 11. The lowest BCUT2D eigenvalue weighted by molar-refractivity contribution is -0.245. The molecule has 0 spiro atoms. The van der Waals surface area contributed by atoms with E-state index in [4.69, 9.17) is 19.5 Å². The fraction of sp³-hybridized carbons (Fsp3) is 0.421. The molecule has 176 valence electrons. The number of benzene rings is 1. The Balaban J connectivity index is 0.00000274. The molecule has 33 heavy (non-hydrogen) atoms. The van der Waals surface area contributed by atoms with Crippen LogP contribution in [0.1, 0.15) is 33.0 Å². The molecule has 12 nitrogen and oxygen atoms in total. The molecule has 4 heterocycles. The molecule has 0 aliphatic carbocycles. The molecule has 5 rings (SSSR count). The van der Waals surface area contributed by atoms with Crippen molar-refractivity contribution in [2.45, 2.75) is 54.4 Å². The summed E-state index contributed by atoms with van der Waals surface area (Å²) in [7, 11) is -4.55. The van der Waals surface area contributed by atoms with E-state index in [1.54, 1.807) is 0 Å². The van der Waals surface area contributed by atoms with E-state index in [-0.39, 0.29) is 25.1 Å². The van der Waals surface area contributed by atoms with Gasteiger partial charge in [-0.1, -0.05) is 37.7 Å². The Hall–Kier alpha value is -2.25. The number of fused-ring (bicyclic) bond motifs is 2. The number of anilines is 1. The van der Waals surface area contributed by atoms with E-state index in [9.17, 15) is 19.4 Å². The van der Waals surface area contributed by atoms with Crippen molar-refractivity contribution in [3.63, 3.8) is 0 Å². The molecule has 2 fully saturated rings. The lowest BCUT2D eigenvalue weighted by atomic mass is 10.0. The van der Waals surface area contributed by atoms with Gasteiger partial charge in [-0.25, -0.2) is 4.98 Å². The van der Waals surface area contributed by atoms with Crippen molar-refractivity contribution < 1.29 is 29.8 Å². The molecule has 0 radical (unpaired) electrons. The highest BCUT2D eigenvalue weighted by Crippen LogP contribution is 2.50. The number of rotatable bonds is 4. The number of aromatic amines is 1.